The number of carbonyl (C=O) groups excluding carboxylic acids is 2. The zero-order valence-electron chi connectivity index (χ0n) is 12.0. The van der Waals surface area contributed by atoms with E-state index in [0.717, 1.165) is 38.6 Å². The standard InChI is InChI=1S/C15H24N2O2/c1-3-11-13(18)16-10-6-7-12(16)14(19)17(11)15(2)8-4-5-9-15/h11-12H,3-10H2,1-2H3. The summed E-state index contributed by atoms with van der Waals surface area (Å²) in [6, 6.07) is -0.377. The van der Waals surface area contributed by atoms with Crippen molar-refractivity contribution >= 4 is 11.8 Å². The van der Waals surface area contributed by atoms with Crippen molar-refractivity contribution in [3.05, 3.63) is 0 Å². The summed E-state index contributed by atoms with van der Waals surface area (Å²) in [6.45, 7) is 4.98. The molecular weight excluding hydrogens is 240 g/mol. The average Bonchev–Trinajstić information content (AvgIpc) is 3.02. The Kier molecular flexibility index (Phi) is 3.06. The van der Waals surface area contributed by atoms with Gasteiger partial charge in [0.05, 0.1) is 0 Å². The molecule has 0 bridgehead atoms. The Bertz CT molecular complexity index is 401. The minimum Gasteiger partial charge on any atom is -0.329 e. The molecule has 2 atom stereocenters. The summed E-state index contributed by atoms with van der Waals surface area (Å²) in [5, 5.41) is 0. The van der Waals surface area contributed by atoms with E-state index < -0.39 is 0 Å². The summed E-state index contributed by atoms with van der Waals surface area (Å²) in [6.07, 6.45) is 7.03. The second kappa shape index (κ2) is 4.50. The van der Waals surface area contributed by atoms with Gasteiger partial charge in [-0.05, 0) is 39.0 Å². The van der Waals surface area contributed by atoms with Gasteiger partial charge in [-0.2, -0.15) is 0 Å². The molecule has 0 aromatic carbocycles. The van der Waals surface area contributed by atoms with Crippen LogP contribution in [0.1, 0.15) is 58.8 Å². The van der Waals surface area contributed by atoms with Crippen molar-refractivity contribution in [3.63, 3.8) is 0 Å². The molecule has 1 aliphatic carbocycles. The molecule has 0 spiro atoms. The van der Waals surface area contributed by atoms with E-state index in [1.54, 1.807) is 0 Å². The number of fused-ring (bicyclic) bond motifs is 1. The fraction of sp³-hybridized carbons (Fsp3) is 0.867. The number of carbonyl (C=O) groups is 2. The zero-order valence-corrected chi connectivity index (χ0v) is 12.0. The lowest BCUT2D eigenvalue weighted by Crippen LogP contribution is -2.67. The molecule has 0 N–H and O–H groups in total. The van der Waals surface area contributed by atoms with Crippen LogP contribution in [0.2, 0.25) is 0 Å². The summed E-state index contributed by atoms with van der Waals surface area (Å²) in [7, 11) is 0. The van der Waals surface area contributed by atoms with Crippen molar-refractivity contribution in [2.75, 3.05) is 6.54 Å². The van der Waals surface area contributed by atoms with Crippen molar-refractivity contribution in [3.8, 4) is 0 Å². The molecule has 2 aliphatic heterocycles. The van der Waals surface area contributed by atoms with Crippen LogP contribution in [0.5, 0.6) is 0 Å². The van der Waals surface area contributed by atoms with E-state index in [-0.39, 0.29) is 29.4 Å². The molecule has 0 aromatic rings. The van der Waals surface area contributed by atoms with Gasteiger partial charge >= 0.3 is 0 Å². The Morgan fingerprint density at radius 1 is 1.16 bits per heavy atom. The molecule has 2 unspecified atom stereocenters. The van der Waals surface area contributed by atoms with E-state index in [2.05, 4.69) is 6.92 Å². The van der Waals surface area contributed by atoms with Crippen LogP contribution >= 0.6 is 0 Å². The maximum atomic E-state index is 12.8. The summed E-state index contributed by atoms with van der Waals surface area (Å²) >= 11 is 0. The molecule has 1 saturated carbocycles. The molecule has 3 rings (SSSR count). The highest BCUT2D eigenvalue weighted by Crippen LogP contribution is 2.40. The summed E-state index contributed by atoms with van der Waals surface area (Å²) in [5.41, 5.74) is -0.0812. The Morgan fingerprint density at radius 2 is 1.84 bits per heavy atom. The van der Waals surface area contributed by atoms with Crippen LogP contribution in [0, 0.1) is 0 Å². The van der Waals surface area contributed by atoms with Gasteiger partial charge in [0, 0.05) is 12.1 Å². The van der Waals surface area contributed by atoms with Crippen molar-refractivity contribution in [2.45, 2.75) is 76.4 Å². The normalized spacial score (nSPS) is 34.0. The van der Waals surface area contributed by atoms with Crippen molar-refractivity contribution in [2.24, 2.45) is 0 Å². The van der Waals surface area contributed by atoms with Crippen LogP contribution in [0.25, 0.3) is 0 Å². The number of amides is 2. The maximum Gasteiger partial charge on any atom is 0.246 e. The van der Waals surface area contributed by atoms with Gasteiger partial charge in [0.25, 0.3) is 0 Å². The van der Waals surface area contributed by atoms with E-state index in [1.165, 1.54) is 12.8 Å². The molecule has 4 heteroatoms. The highest BCUT2D eigenvalue weighted by Gasteiger charge is 2.52. The van der Waals surface area contributed by atoms with E-state index in [9.17, 15) is 9.59 Å². The molecule has 19 heavy (non-hydrogen) atoms. The molecule has 106 valence electrons. The number of piperazine rings is 1. The number of nitrogens with zero attached hydrogens (tertiary/aromatic N) is 2. The molecule has 2 amide bonds. The molecule has 0 radical (unpaired) electrons. The smallest absolute Gasteiger partial charge is 0.246 e. The fourth-order valence-corrected chi connectivity index (χ4v) is 4.28. The summed E-state index contributed by atoms with van der Waals surface area (Å²) < 4.78 is 0. The predicted octanol–water partition coefficient (Wildman–Crippen LogP) is 1.93. The second-order valence-corrected chi connectivity index (χ2v) is 6.53. The first-order chi connectivity index (χ1) is 9.08. The van der Waals surface area contributed by atoms with Gasteiger partial charge in [-0.25, -0.2) is 0 Å². The number of rotatable bonds is 2. The van der Waals surface area contributed by atoms with E-state index >= 15 is 0 Å². The van der Waals surface area contributed by atoms with Crippen LogP contribution in [0.15, 0.2) is 0 Å². The monoisotopic (exact) mass is 264 g/mol. The maximum absolute atomic E-state index is 12.8. The van der Waals surface area contributed by atoms with Gasteiger partial charge < -0.3 is 9.80 Å². The van der Waals surface area contributed by atoms with E-state index in [0.29, 0.717) is 0 Å². The van der Waals surface area contributed by atoms with Crippen molar-refractivity contribution in [1.82, 2.24) is 9.80 Å². The highest BCUT2D eigenvalue weighted by atomic mass is 16.2. The van der Waals surface area contributed by atoms with Crippen molar-refractivity contribution in [1.29, 1.82) is 0 Å². The largest absolute Gasteiger partial charge is 0.329 e. The van der Waals surface area contributed by atoms with Crippen LogP contribution in [-0.2, 0) is 9.59 Å². The topological polar surface area (TPSA) is 40.6 Å². The molecule has 4 nitrogen and oxygen atoms in total. The molecule has 2 heterocycles. The van der Waals surface area contributed by atoms with Gasteiger partial charge in [0.2, 0.25) is 11.8 Å². The molecule has 3 aliphatic rings. The Morgan fingerprint density at radius 3 is 2.47 bits per heavy atom. The average molecular weight is 264 g/mol. The zero-order chi connectivity index (χ0) is 13.6. The quantitative estimate of drug-likeness (QED) is 0.764. The fourth-order valence-electron chi connectivity index (χ4n) is 4.28. The van der Waals surface area contributed by atoms with Gasteiger partial charge in [0.15, 0.2) is 0 Å². The Hall–Kier alpha value is -1.06. The van der Waals surface area contributed by atoms with Gasteiger partial charge in [-0.15, -0.1) is 0 Å². The van der Waals surface area contributed by atoms with Crippen molar-refractivity contribution < 1.29 is 9.59 Å². The van der Waals surface area contributed by atoms with Gasteiger partial charge in [-0.1, -0.05) is 19.8 Å². The minimum absolute atomic E-state index is 0.0812. The third kappa shape index (κ3) is 1.79. The second-order valence-electron chi connectivity index (χ2n) is 6.53. The number of hydrogen-bond acceptors (Lipinski definition) is 2. The van der Waals surface area contributed by atoms with Crippen LogP contribution < -0.4 is 0 Å². The lowest BCUT2D eigenvalue weighted by molar-refractivity contribution is -0.166. The lowest BCUT2D eigenvalue weighted by atomic mass is 9.90. The number of hydrogen-bond donors (Lipinski definition) is 0. The van der Waals surface area contributed by atoms with Gasteiger partial charge in [-0.3, -0.25) is 9.59 Å². The lowest BCUT2D eigenvalue weighted by Gasteiger charge is -2.49. The Labute approximate surface area is 115 Å². The first-order valence-electron chi connectivity index (χ1n) is 7.72. The van der Waals surface area contributed by atoms with Crippen LogP contribution in [0.3, 0.4) is 0 Å². The first kappa shape index (κ1) is 12.9. The van der Waals surface area contributed by atoms with Crippen LogP contribution in [-0.4, -0.2) is 45.8 Å². The highest BCUT2D eigenvalue weighted by molar-refractivity contribution is 5.97. The SMILES string of the molecule is CCC1C(=O)N2CCCC2C(=O)N1C1(C)CCCC1. The summed E-state index contributed by atoms with van der Waals surface area (Å²) in [5.74, 6) is 0.408. The molecule has 2 saturated heterocycles. The molecular formula is C15H24N2O2. The predicted molar refractivity (Wildman–Crippen MR) is 72.5 cm³/mol. The van der Waals surface area contributed by atoms with Crippen LogP contribution in [0.4, 0.5) is 0 Å². The summed E-state index contributed by atoms with van der Waals surface area (Å²) in [4.78, 5) is 29.3. The van der Waals surface area contributed by atoms with E-state index in [4.69, 9.17) is 0 Å². The third-order valence-electron chi connectivity index (χ3n) is 5.30. The Balaban J connectivity index is 1.96. The third-order valence-corrected chi connectivity index (χ3v) is 5.30. The van der Waals surface area contributed by atoms with Gasteiger partial charge in [0.1, 0.15) is 12.1 Å². The minimum atomic E-state index is -0.218. The first-order valence-corrected chi connectivity index (χ1v) is 7.72. The molecule has 3 fully saturated rings. The van der Waals surface area contributed by atoms with E-state index in [1.807, 2.05) is 16.7 Å². The molecule has 0 aromatic heterocycles.